The van der Waals surface area contributed by atoms with Gasteiger partial charge < -0.3 is 34.7 Å². The maximum Gasteiger partial charge on any atom is 0.246 e. The number of ether oxygens (including phenoxy) is 4. The van der Waals surface area contributed by atoms with E-state index in [1.807, 2.05) is 0 Å². The van der Waals surface area contributed by atoms with E-state index in [2.05, 4.69) is 22.9 Å². The smallest absolute Gasteiger partial charge is 0.246 e. The van der Waals surface area contributed by atoms with Gasteiger partial charge in [0.1, 0.15) is 12.8 Å². The van der Waals surface area contributed by atoms with Crippen LogP contribution in [0.2, 0.25) is 0 Å². The monoisotopic (exact) mass is 421 g/mol. The molecule has 0 aromatic carbocycles. The van der Waals surface area contributed by atoms with Crippen LogP contribution in [0.1, 0.15) is 33.1 Å². The van der Waals surface area contributed by atoms with Crippen LogP contribution < -0.4 is 16.0 Å². The predicted octanol–water partition coefficient (Wildman–Crippen LogP) is -0.597. The molecule has 0 bridgehead atoms. The first-order chi connectivity index (χ1) is 14.1. The number of aliphatic hydroxyl groups excluding tert-OH is 1. The summed E-state index contributed by atoms with van der Waals surface area (Å²) >= 11 is 0. The molecule has 0 heterocycles. The van der Waals surface area contributed by atoms with E-state index in [4.69, 9.17) is 18.9 Å². The molecule has 29 heavy (non-hydrogen) atoms. The van der Waals surface area contributed by atoms with E-state index in [0.717, 1.165) is 19.4 Å². The molecule has 0 saturated heterocycles. The third-order valence-corrected chi connectivity index (χ3v) is 3.62. The van der Waals surface area contributed by atoms with E-state index in [0.29, 0.717) is 59.2 Å². The minimum absolute atomic E-state index is 0.00747. The average molecular weight is 422 g/mol. The van der Waals surface area contributed by atoms with Crippen LogP contribution >= 0.6 is 0 Å². The number of rotatable bonds is 21. The summed E-state index contributed by atoms with van der Waals surface area (Å²) in [5, 5.41) is 17.9. The predicted molar refractivity (Wildman–Crippen MR) is 109 cm³/mol. The standard InChI is InChI=1S/C19H39N3O7/c1-3-5-6-20-18(24)15-28-13-12-27-10-8-22-19(25)16-29-14-11-26-9-7-21-17(23)4-2/h18,20,24H,3-16H2,1-2H3,(H,21,23)(H,22,25). The fourth-order valence-electron chi connectivity index (χ4n) is 2.01. The highest BCUT2D eigenvalue weighted by Crippen LogP contribution is 1.87. The molecule has 0 radical (unpaired) electrons. The van der Waals surface area contributed by atoms with Gasteiger partial charge in [-0.05, 0) is 13.0 Å². The highest BCUT2D eigenvalue weighted by molar-refractivity contribution is 5.77. The lowest BCUT2D eigenvalue weighted by Crippen LogP contribution is -2.34. The zero-order valence-electron chi connectivity index (χ0n) is 17.9. The summed E-state index contributed by atoms with van der Waals surface area (Å²) in [5.74, 6) is -0.228. The number of aliphatic hydroxyl groups is 1. The lowest BCUT2D eigenvalue weighted by molar-refractivity contribution is -0.126. The molecule has 0 aliphatic rings. The number of hydrogen-bond acceptors (Lipinski definition) is 8. The van der Waals surface area contributed by atoms with Gasteiger partial charge in [0.25, 0.3) is 0 Å². The molecule has 10 heteroatoms. The lowest BCUT2D eigenvalue weighted by atomic mass is 10.3. The first-order valence-electron chi connectivity index (χ1n) is 10.4. The Morgan fingerprint density at radius 2 is 1.38 bits per heavy atom. The van der Waals surface area contributed by atoms with Crippen molar-refractivity contribution in [2.75, 3.05) is 72.5 Å². The summed E-state index contributed by atoms with van der Waals surface area (Å²) in [6.45, 7) is 7.91. The van der Waals surface area contributed by atoms with Gasteiger partial charge in [0.15, 0.2) is 0 Å². The van der Waals surface area contributed by atoms with E-state index in [1.54, 1.807) is 6.92 Å². The average Bonchev–Trinajstić information content (AvgIpc) is 2.71. The van der Waals surface area contributed by atoms with Crippen LogP contribution in [-0.4, -0.2) is 95.6 Å². The number of carbonyl (C=O) groups is 2. The fraction of sp³-hybridized carbons (Fsp3) is 0.895. The third kappa shape index (κ3) is 21.2. The van der Waals surface area contributed by atoms with Crippen LogP contribution in [0.5, 0.6) is 0 Å². The minimum atomic E-state index is -0.659. The van der Waals surface area contributed by atoms with Crippen LogP contribution in [0.4, 0.5) is 0 Å². The van der Waals surface area contributed by atoms with Gasteiger partial charge in [0.05, 0.1) is 46.2 Å². The van der Waals surface area contributed by atoms with Crippen molar-refractivity contribution in [1.29, 1.82) is 0 Å². The highest BCUT2D eigenvalue weighted by Gasteiger charge is 2.03. The summed E-state index contributed by atoms with van der Waals surface area (Å²) in [7, 11) is 0. The second-order valence-electron chi connectivity index (χ2n) is 6.23. The second kappa shape index (κ2) is 21.4. The Bertz CT molecular complexity index is 400. The Hall–Kier alpha value is -1.30. The molecule has 2 amide bonds. The molecule has 1 atom stereocenters. The second-order valence-corrected chi connectivity index (χ2v) is 6.23. The van der Waals surface area contributed by atoms with Crippen molar-refractivity contribution >= 4 is 11.8 Å². The van der Waals surface area contributed by atoms with Gasteiger partial charge in [-0.3, -0.25) is 14.9 Å². The summed E-state index contributed by atoms with van der Waals surface area (Å²) in [6.07, 6.45) is 1.89. The van der Waals surface area contributed by atoms with Crippen molar-refractivity contribution in [3.8, 4) is 0 Å². The van der Waals surface area contributed by atoms with Gasteiger partial charge in [0, 0.05) is 19.5 Å². The van der Waals surface area contributed by atoms with Gasteiger partial charge >= 0.3 is 0 Å². The Morgan fingerprint density at radius 3 is 2.00 bits per heavy atom. The number of nitrogens with one attached hydrogen (secondary N) is 3. The summed E-state index contributed by atoms with van der Waals surface area (Å²) in [5.41, 5.74) is 0. The SMILES string of the molecule is CCCCNC(O)COCCOCCNC(=O)COCCOCCNC(=O)CC. The van der Waals surface area contributed by atoms with Crippen molar-refractivity contribution < 1.29 is 33.6 Å². The van der Waals surface area contributed by atoms with Crippen LogP contribution in [0.25, 0.3) is 0 Å². The number of hydrogen-bond donors (Lipinski definition) is 4. The topological polar surface area (TPSA) is 127 Å². The van der Waals surface area contributed by atoms with E-state index >= 15 is 0 Å². The molecule has 10 nitrogen and oxygen atoms in total. The highest BCUT2D eigenvalue weighted by atomic mass is 16.5. The van der Waals surface area contributed by atoms with Crippen LogP contribution in [0, 0.1) is 0 Å². The summed E-state index contributed by atoms with van der Waals surface area (Å²) < 4.78 is 21.1. The van der Waals surface area contributed by atoms with Crippen molar-refractivity contribution in [1.82, 2.24) is 16.0 Å². The number of carbonyl (C=O) groups excluding carboxylic acids is 2. The van der Waals surface area contributed by atoms with Crippen molar-refractivity contribution in [2.24, 2.45) is 0 Å². The summed E-state index contributed by atoms with van der Waals surface area (Å²) in [4.78, 5) is 22.6. The number of amides is 2. The largest absolute Gasteiger partial charge is 0.377 e. The number of unbranched alkanes of at least 4 members (excludes halogenated alkanes) is 1. The molecule has 172 valence electrons. The molecule has 0 aliphatic heterocycles. The van der Waals surface area contributed by atoms with Crippen molar-refractivity contribution in [3.05, 3.63) is 0 Å². The van der Waals surface area contributed by atoms with E-state index in [1.165, 1.54) is 0 Å². The van der Waals surface area contributed by atoms with Gasteiger partial charge in [-0.1, -0.05) is 20.3 Å². The quantitative estimate of drug-likeness (QED) is 0.143. The molecular formula is C19H39N3O7. The molecule has 0 aromatic rings. The molecule has 0 fully saturated rings. The molecule has 1 unspecified atom stereocenters. The molecule has 0 aromatic heterocycles. The van der Waals surface area contributed by atoms with E-state index in [-0.39, 0.29) is 25.0 Å². The minimum Gasteiger partial charge on any atom is -0.377 e. The van der Waals surface area contributed by atoms with Crippen LogP contribution in [0.15, 0.2) is 0 Å². The molecule has 0 aliphatic carbocycles. The van der Waals surface area contributed by atoms with Crippen molar-refractivity contribution in [3.63, 3.8) is 0 Å². The molecule has 0 spiro atoms. The normalized spacial score (nSPS) is 12.0. The Balaban J connectivity index is 3.27. The van der Waals surface area contributed by atoms with Crippen LogP contribution in [0.3, 0.4) is 0 Å². The van der Waals surface area contributed by atoms with Gasteiger partial charge in [0.2, 0.25) is 11.8 Å². The first-order valence-corrected chi connectivity index (χ1v) is 10.4. The Morgan fingerprint density at radius 1 is 0.793 bits per heavy atom. The summed E-state index contributed by atoms with van der Waals surface area (Å²) in [6, 6.07) is 0. The van der Waals surface area contributed by atoms with E-state index in [9.17, 15) is 14.7 Å². The van der Waals surface area contributed by atoms with Gasteiger partial charge in [-0.2, -0.15) is 0 Å². The first kappa shape index (κ1) is 27.7. The Kier molecular flexibility index (Phi) is 20.5. The van der Waals surface area contributed by atoms with Gasteiger partial charge in [-0.25, -0.2) is 0 Å². The zero-order valence-corrected chi connectivity index (χ0v) is 17.9. The fourth-order valence-corrected chi connectivity index (χ4v) is 2.01. The van der Waals surface area contributed by atoms with Gasteiger partial charge in [-0.15, -0.1) is 0 Å². The molecule has 4 N–H and O–H groups in total. The Labute approximate surface area is 174 Å². The zero-order chi connectivity index (χ0) is 21.6. The van der Waals surface area contributed by atoms with Crippen LogP contribution in [-0.2, 0) is 28.5 Å². The third-order valence-electron chi connectivity index (χ3n) is 3.62. The van der Waals surface area contributed by atoms with Crippen molar-refractivity contribution in [2.45, 2.75) is 39.3 Å². The maximum atomic E-state index is 11.6. The maximum absolute atomic E-state index is 11.6. The molecular weight excluding hydrogens is 382 g/mol. The molecule has 0 rings (SSSR count). The molecule has 0 saturated carbocycles. The van der Waals surface area contributed by atoms with E-state index < -0.39 is 6.23 Å². The lowest BCUT2D eigenvalue weighted by Gasteiger charge is -2.13.